The number of nitrogen functional groups attached to an aromatic ring is 1. The Labute approximate surface area is 110 Å². The van der Waals surface area contributed by atoms with Crippen LogP contribution in [0.3, 0.4) is 0 Å². The van der Waals surface area contributed by atoms with E-state index in [4.69, 9.17) is 10.2 Å². The monoisotopic (exact) mass is 254 g/mol. The number of aryl methyl sites for hydroxylation is 1. The van der Waals surface area contributed by atoms with E-state index < -0.39 is 0 Å². The zero-order valence-corrected chi connectivity index (χ0v) is 10.6. The van der Waals surface area contributed by atoms with Gasteiger partial charge < -0.3 is 15.5 Å². The predicted molar refractivity (Wildman–Crippen MR) is 74.7 cm³/mol. The molecular formula is C14H14N4O. The first kappa shape index (κ1) is 11.5. The summed E-state index contributed by atoms with van der Waals surface area (Å²) in [5, 5.41) is 3.26. The number of rotatable bonds is 3. The number of aromatic nitrogens is 2. The van der Waals surface area contributed by atoms with E-state index in [-0.39, 0.29) is 0 Å². The first-order chi connectivity index (χ1) is 9.22. The molecule has 2 aromatic heterocycles. The average molecular weight is 254 g/mol. The summed E-state index contributed by atoms with van der Waals surface area (Å²) in [4.78, 5) is 8.45. The van der Waals surface area contributed by atoms with Crippen LogP contribution in [0.1, 0.15) is 11.3 Å². The molecule has 0 bridgehead atoms. The number of hydrogen-bond donors (Lipinski definition) is 2. The molecule has 0 fully saturated rings. The van der Waals surface area contributed by atoms with Crippen LogP contribution in [0.4, 0.5) is 11.5 Å². The Morgan fingerprint density at radius 1 is 1.26 bits per heavy atom. The molecule has 1 aromatic carbocycles. The second-order valence-electron chi connectivity index (χ2n) is 4.38. The van der Waals surface area contributed by atoms with Crippen LogP contribution in [0.15, 0.2) is 41.1 Å². The largest absolute Gasteiger partial charge is 0.443 e. The molecule has 0 aliphatic heterocycles. The highest BCUT2D eigenvalue weighted by atomic mass is 16.3. The summed E-state index contributed by atoms with van der Waals surface area (Å²) in [5.74, 6) is 0.810. The average Bonchev–Trinajstić information content (AvgIpc) is 2.87. The number of nitrogens with one attached hydrogen (secondary N) is 1. The fraction of sp³-hybridized carbons (Fsp3) is 0.143. The zero-order chi connectivity index (χ0) is 13.2. The fourth-order valence-corrected chi connectivity index (χ4v) is 1.87. The Hall–Kier alpha value is -2.56. The van der Waals surface area contributed by atoms with E-state index in [1.165, 1.54) is 6.39 Å². The van der Waals surface area contributed by atoms with Gasteiger partial charge in [-0.25, -0.2) is 9.97 Å². The van der Waals surface area contributed by atoms with Gasteiger partial charge in [-0.15, -0.1) is 0 Å². The maximum Gasteiger partial charge on any atom is 0.181 e. The van der Waals surface area contributed by atoms with Gasteiger partial charge in [-0.05, 0) is 36.8 Å². The lowest BCUT2D eigenvalue weighted by Crippen LogP contribution is -2.03. The van der Waals surface area contributed by atoms with Crippen molar-refractivity contribution in [3.05, 3.63) is 48.0 Å². The third-order valence-corrected chi connectivity index (χ3v) is 3.00. The van der Waals surface area contributed by atoms with E-state index in [1.54, 1.807) is 0 Å². The molecule has 19 heavy (non-hydrogen) atoms. The molecule has 0 atom stereocenters. The minimum absolute atomic E-state index is 0.674. The van der Waals surface area contributed by atoms with Crippen molar-refractivity contribution in [1.82, 2.24) is 9.97 Å². The summed E-state index contributed by atoms with van der Waals surface area (Å²) >= 11 is 0. The second-order valence-corrected chi connectivity index (χ2v) is 4.38. The van der Waals surface area contributed by atoms with Crippen molar-refractivity contribution in [2.45, 2.75) is 13.5 Å². The summed E-state index contributed by atoms with van der Waals surface area (Å²) in [5.41, 5.74) is 10.0. The van der Waals surface area contributed by atoms with Gasteiger partial charge in [0.1, 0.15) is 11.3 Å². The third-order valence-electron chi connectivity index (χ3n) is 3.00. The van der Waals surface area contributed by atoms with Crippen LogP contribution in [0.25, 0.3) is 11.1 Å². The predicted octanol–water partition coefficient (Wildman–Crippen LogP) is 2.73. The Bertz CT molecular complexity index is 720. The number of benzene rings is 1. The van der Waals surface area contributed by atoms with Crippen LogP contribution in [-0.4, -0.2) is 9.97 Å². The van der Waals surface area contributed by atoms with E-state index in [0.29, 0.717) is 12.2 Å². The van der Waals surface area contributed by atoms with Gasteiger partial charge in [0.05, 0.1) is 11.4 Å². The molecule has 3 aromatic rings. The Morgan fingerprint density at radius 2 is 2.16 bits per heavy atom. The molecule has 0 radical (unpaired) electrons. The fourth-order valence-electron chi connectivity index (χ4n) is 1.87. The molecule has 0 aliphatic carbocycles. The van der Waals surface area contributed by atoms with E-state index in [2.05, 4.69) is 15.3 Å². The number of oxazole rings is 1. The van der Waals surface area contributed by atoms with Gasteiger partial charge in [-0.1, -0.05) is 6.07 Å². The molecule has 0 saturated heterocycles. The highest BCUT2D eigenvalue weighted by molar-refractivity contribution is 5.72. The standard InChI is InChI=1S/C14H14N4O/c1-9-11(15)3-5-14(18-9)16-7-10-2-4-12-13(6-10)19-8-17-12/h2-6,8H,7,15H2,1H3,(H,16,18). The molecule has 0 amide bonds. The van der Waals surface area contributed by atoms with Gasteiger partial charge in [0.25, 0.3) is 0 Å². The highest BCUT2D eigenvalue weighted by Crippen LogP contribution is 2.16. The van der Waals surface area contributed by atoms with E-state index >= 15 is 0 Å². The van der Waals surface area contributed by atoms with Crippen molar-refractivity contribution in [2.75, 3.05) is 11.1 Å². The van der Waals surface area contributed by atoms with Crippen molar-refractivity contribution in [3.8, 4) is 0 Å². The van der Waals surface area contributed by atoms with Crippen LogP contribution in [-0.2, 0) is 6.54 Å². The molecule has 2 heterocycles. The Kier molecular flexibility index (Phi) is 2.79. The van der Waals surface area contributed by atoms with Gasteiger partial charge in [-0.3, -0.25) is 0 Å². The maximum absolute atomic E-state index is 5.74. The molecule has 5 nitrogen and oxygen atoms in total. The topological polar surface area (TPSA) is 77.0 Å². The minimum atomic E-state index is 0.674. The first-order valence-corrected chi connectivity index (χ1v) is 6.01. The molecular weight excluding hydrogens is 240 g/mol. The molecule has 3 N–H and O–H groups in total. The van der Waals surface area contributed by atoms with Crippen LogP contribution in [0, 0.1) is 6.92 Å². The molecule has 96 valence electrons. The molecule has 0 aliphatic rings. The van der Waals surface area contributed by atoms with E-state index in [9.17, 15) is 0 Å². The summed E-state index contributed by atoms with van der Waals surface area (Å²) in [6.07, 6.45) is 1.45. The van der Waals surface area contributed by atoms with E-state index in [0.717, 1.165) is 28.2 Å². The maximum atomic E-state index is 5.74. The van der Waals surface area contributed by atoms with Crippen LogP contribution in [0.2, 0.25) is 0 Å². The molecule has 0 spiro atoms. The van der Waals surface area contributed by atoms with Crippen LogP contribution < -0.4 is 11.1 Å². The van der Waals surface area contributed by atoms with Gasteiger partial charge in [0, 0.05) is 6.54 Å². The quantitative estimate of drug-likeness (QED) is 0.751. The van der Waals surface area contributed by atoms with Crippen molar-refractivity contribution < 1.29 is 4.42 Å². The lowest BCUT2D eigenvalue weighted by molar-refractivity contribution is 0.602. The normalized spacial score (nSPS) is 10.8. The van der Waals surface area contributed by atoms with Crippen LogP contribution >= 0.6 is 0 Å². The Morgan fingerprint density at radius 3 is 3.00 bits per heavy atom. The van der Waals surface area contributed by atoms with Crippen molar-refractivity contribution >= 4 is 22.6 Å². The molecule has 5 heteroatoms. The summed E-state index contributed by atoms with van der Waals surface area (Å²) < 4.78 is 5.27. The van der Waals surface area contributed by atoms with Crippen molar-refractivity contribution in [3.63, 3.8) is 0 Å². The van der Waals surface area contributed by atoms with Gasteiger partial charge in [0.15, 0.2) is 12.0 Å². The smallest absolute Gasteiger partial charge is 0.181 e. The Balaban J connectivity index is 1.75. The summed E-state index contributed by atoms with van der Waals surface area (Å²) in [7, 11) is 0. The number of fused-ring (bicyclic) bond motifs is 1. The molecule has 3 rings (SSSR count). The zero-order valence-electron chi connectivity index (χ0n) is 10.6. The molecule has 0 saturated carbocycles. The third kappa shape index (κ3) is 2.35. The number of pyridine rings is 1. The van der Waals surface area contributed by atoms with Crippen molar-refractivity contribution in [1.29, 1.82) is 0 Å². The summed E-state index contributed by atoms with van der Waals surface area (Å²) in [6, 6.07) is 9.65. The van der Waals surface area contributed by atoms with Gasteiger partial charge in [-0.2, -0.15) is 0 Å². The number of anilines is 2. The van der Waals surface area contributed by atoms with Crippen molar-refractivity contribution in [2.24, 2.45) is 0 Å². The number of nitrogens with zero attached hydrogens (tertiary/aromatic N) is 2. The number of hydrogen-bond acceptors (Lipinski definition) is 5. The lowest BCUT2D eigenvalue weighted by atomic mass is 10.2. The molecule has 0 unspecified atom stereocenters. The second kappa shape index (κ2) is 4.61. The minimum Gasteiger partial charge on any atom is -0.443 e. The SMILES string of the molecule is Cc1nc(NCc2ccc3ncoc3c2)ccc1N. The van der Waals surface area contributed by atoms with E-state index in [1.807, 2.05) is 37.3 Å². The summed E-state index contributed by atoms with van der Waals surface area (Å²) in [6.45, 7) is 2.56. The van der Waals surface area contributed by atoms with Crippen LogP contribution in [0.5, 0.6) is 0 Å². The highest BCUT2D eigenvalue weighted by Gasteiger charge is 2.02. The van der Waals surface area contributed by atoms with Gasteiger partial charge >= 0.3 is 0 Å². The lowest BCUT2D eigenvalue weighted by Gasteiger charge is -2.07. The van der Waals surface area contributed by atoms with Gasteiger partial charge in [0.2, 0.25) is 0 Å². The number of nitrogens with two attached hydrogens (primary N) is 1. The first-order valence-electron chi connectivity index (χ1n) is 6.01.